The summed E-state index contributed by atoms with van der Waals surface area (Å²) in [5.41, 5.74) is 2.36. The number of carbonyl (C=O) groups excluding carboxylic acids is 1. The van der Waals surface area contributed by atoms with E-state index in [4.69, 9.17) is 0 Å². The fraction of sp³-hybridized carbons (Fsp3) is 0.536. The first-order valence-corrected chi connectivity index (χ1v) is 14.5. The number of halogens is 2. The smallest absolute Gasteiger partial charge is 0.335 e. The molecule has 1 fully saturated rings. The molecule has 4 unspecified atom stereocenters. The molecule has 0 spiro atoms. The number of hydrogen-bond donors (Lipinski definition) is 4. The van der Waals surface area contributed by atoms with E-state index in [1.807, 2.05) is 18.2 Å². The fourth-order valence-corrected chi connectivity index (χ4v) is 5.93. The van der Waals surface area contributed by atoms with Crippen LogP contribution in [0.3, 0.4) is 0 Å². The number of aliphatic hydroxyl groups excluding tert-OH is 1. The molecule has 8 nitrogen and oxygen atoms in total. The Morgan fingerprint density at radius 1 is 1.13 bits per heavy atom. The quantitative estimate of drug-likeness (QED) is 0.309. The molecule has 4 atom stereocenters. The Balaban J connectivity index is 1.83. The third-order valence-corrected chi connectivity index (χ3v) is 7.79. The predicted molar refractivity (Wildman–Crippen MR) is 145 cm³/mol. The lowest BCUT2D eigenvalue weighted by atomic mass is 9.85. The first kappa shape index (κ1) is 31.1. The zero-order valence-electron chi connectivity index (χ0n) is 22.8. The van der Waals surface area contributed by atoms with Gasteiger partial charge in [0.15, 0.2) is 0 Å². The fourth-order valence-electron chi connectivity index (χ4n) is 5.22. The number of nitrogens with one attached hydrogen (secondary N) is 2. The Morgan fingerprint density at radius 3 is 2.36 bits per heavy atom. The number of benzene rings is 2. The lowest BCUT2D eigenvalue weighted by molar-refractivity contribution is -0.120. The molecule has 11 heteroatoms. The molecule has 2 aromatic carbocycles. The highest BCUT2D eigenvalue weighted by Crippen LogP contribution is 2.32. The van der Waals surface area contributed by atoms with E-state index in [9.17, 15) is 31.7 Å². The van der Waals surface area contributed by atoms with Crippen LogP contribution in [0.25, 0.3) is 0 Å². The van der Waals surface area contributed by atoms with Gasteiger partial charge in [-0.3, -0.25) is 9.35 Å². The number of carbonyl (C=O) groups is 1. The van der Waals surface area contributed by atoms with Crippen molar-refractivity contribution in [2.75, 3.05) is 19.6 Å². The number of hydrogen-bond acceptors (Lipinski definition) is 5. The van der Waals surface area contributed by atoms with Crippen LogP contribution in [-0.2, 0) is 27.9 Å². The Hall–Kier alpha value is -2.44. The van der Waals surface area contributed by atoms with Crippen molar-refractivity contribution in [1.82, 2.24) is 14.9 Å². The zero-order valence-corrected chi connectivity index (χ0v) is 23.6. The van der Waals surface area contributed by atoms with Crippen LogP contribution < -0.4 is 10.6 Å². The minimum Gasteiger partial charge on any atom is -0.390 e. The van der Waals surface area contributed by atoms with Gasteiger partial charge in [0.05, 0.1) is 12.1 Å². The third-order valence-electron chi connectivity index (χ3n) is 6.81. The van der Waals surface area contributed by atoms with E-state index in [-0.39, 0.29) is 49.0 Å². The average molecular weight is 568 g/mol. The van der Waals surface area contributed by atoms with Crippen LogP contribution in [-0.4, -0.2) is 60.1 Å². The molecular formula is C28H39F2N3O5S. The number of aliphatic hydroxyl groups is 1. The molecule has 3 rings (SSSR count). The predicted octanol–water partition coefficient (Wildman–Crippen LogP) is 3.42. The summed E-state index contributed by atoms with van der Waals surface area (Å²) >= 11 is 0. The summed E-state index contributed by atoms with van der Waals surface area (Å²) in [6, 6.07) is 9.84. The topological polar surface area (TPSA) is 119 Å². The van der Waals surface area contributed by atoms with Gasteiger partial charge < -0.3 is 15.7 Å². The highest BCUT2D eigenvalue weighted by Gasteiger charge is 2.36. The summed E-state index contributed by atoms with van der Waals surface area (Å²) in [7, 11) is -4.34. The van der Waals surface area contributed by atoms with Crippen molar-refractivity contribution in [2.45, 2.75) is 65.1 Å². The van der Waals surface area contributed by atoms with Crippen molar-refractivity contribution in [3.8, 4) is 0 Å². The van der Waals surface area contributed by atoms with Crippen molar-refractivity contribution in [3.63, 3.8) is 0 Å². The number of amides is 1. The van der Waals surface area contributed by atoms with Crippen LogP contribution in [0, 0.1) is 23.0 Å². The normalized spacial score (nSPS) is 19.0. The Morgan fingerprint density at radius 2 is 1.79 bits per heavy atom. The molecule has 0 saturated carbocycles. The van der Waals surface area contributed by atoms with Crippen LogP contribution in [0.15, 0.2) is 42.5 Å². The van der Waals surface area contributed by atoms with Crippen LogP contribution >= 0.6 is 0 Å². The monoisotopic (exact) mass is 567 g/mol. The van der Waals surface area contributed by atoms with Gasteiger partial charge in [-0.1, -0.05) is 45.0 Å². The second kappa shape index (κ2) is 12.8. The Labute approximate surface area is 229 Å². The van der Waals surface area contributed by atoms with E-state index in [1.54, 1.807) is 0 Å². The largest absolute Gasteiger partial charge is 0.390 e. The summed E-state index contributed by atoms with van der Waals surface area (Å²) in [5, 5.41) is 17.1. The van der Waals surface area contributed by atoms with Crippen LogP contribution in [0.4, 0.5) is 8.78 Å². The van der Waals surface area contributed by atoms with Gasteiger partial charge in [-0.25, -0.2) is 8.78 Å². The first-order valence-electron chi connectivity index (χ1n) is 13.1. The molecule has 0 radical (unpaired) electrons. The molecule has 4 N–H and O–H groups in total. The molecule has 216 valence electrons. The van der Waals surface area contributed by atoms with Crippen molar-refractivity contribution in [2.24, 2.45) is 11.3 Å². The SMILES string of the molecule is CC(=O)NC(Cc1cc(F)cc(F)c1)C(O)CNC(c1cccc(CC(C)(C)C)c1)C1CCN(S(=O)(=O)O)C1. The average Bonchev–Trinajstić information content (AvgIpc) is 3.27. The van der Waals surface area contributed by atoms with Gasteiger partial charge in [0.1, 0.15) is 11.6 Å². The minimum absolute atomic E-state index is 0.00278. The molecule has 2 aromatic rings. The highest BCUT2D eigenvalue weighted by molar-refractivity contribution is 7.83. The van der Waals surface area contributed by atoms with Gasteiger partial charge in [-0.15, -0.1) is 0 Å². The van der Waals surface area contributed by atoms with Crippen molar-refractivity contribution in [1.29, 1.82) is 0 Å². The molecule has 1 aliphatic heterocycles. The molecule has 1 amide bonds. The van der Waals surface area contributed by atoms with Crippen LogP contribution in [0.1, 0.15) is 56.8 Å². The van der Waals surface area contributed by atoms with Crippen molar-refractivity contribution in [3.05, 3.63) is 70.8 Å². The molecule has 1 saturated heterocycles. The maximum Gasteiger partial charge on any atom is 0.335 e. The molecule has 0 aliphatic carbocycles. The van der Waals surface area contributed by atoms with E-state index in [0.29, 0.717) is 6.42 Å². The molecule has 1 heterocycles. The van der Waals surface area contributed by atoms with Gasteiger partial charge in [0.2, 0.25) is 5.91 Å². The standard InChI is InChI=1S/C28H39F2N3O5S/c1-18(34)32-25(13-20-11-23(29)14-24(30)12-20)26(35)16-31-27(22-8-9-33(17-22)39(36,37)38)21-7-5-6-19(10-21)15-28(2,3)4/h5-7,10-12,14,22,25-27,31,35H,8-9,13,15-17H2,1-4H3,(H,32,34)(H,36,37,38). The minimum atomic E-state index is -4.34. The second-order valence-corrected chi connectivity index (χ2v) is 13.0. The molecule has 0 aromatic heterocycles. The van der Waals surface area contributed by atoms with Gasteiger partial charge in [0.25, 0.3) is 0 Å². The summed E-state index contributed by atoms with van der Waals surface area (Å²) < 4.78 is 61.6. The first-order chi connectivity index (χ1) is 18.1. The van der Waals surface area contributed by atoms with Crippen molar-refractivity contribution >= 4 is 16.2 Å². The van der Waals surface area contributed by atoms with E-state index >= 15 is 0 Å². The van der Waals surface area contributed by atoms with Gasteiger partial charge >= 0.3 is 10.3 Å². The summed E-state index contributed by atoms with van der Waals surface area (Å²) in [4.78, 5) is 11.9. The summed E-state index contributed by atoms with van der Waals surface area (Å²) in [6.45, 7) is 8.00. The second-order valence-electron chi connectivity index (χ2n) is 11.6. The van der Waals surface area contributed by atoms with E-state index in [1.165, 1.54) is 6.92 Å². The van der Waals surface area contributed by atoms with E-state index < -0.39 is 40.0 Å². The van der Waals surface area contributed by atoms with Crippen LogP contribution in [0.5, 0.6) is 0 Å². The van der Waals surface area contributed by atoms with Crippen LogP contribution in [0.2, 0.25) is 0 Å². The molecular weight excluding hydrogens is 528 g/mol. The highest BCUT2D eigenvalue weighted by atomic mass is 32.2. The lowest BCUT2D eigenvalue weighted by Gasteiger charge is -2.30. The summed E-state index contributed by atoms with van der Waals surface area (Å²) in [6.07, 6.45) is 0.198. The van der Waals surface area contributed by atoms with Gasteiger partial charge in [0, 0.05) is 38.7 Å². The molecule has 1 aliphatic rings. The maximum absolute atomic E-state index is 13.7. The molecule has 39 heavy (non-hydrogen) atoms. The van der Waals surface area contributed by atoms with E-state index in [2.05, 4.69) is 37.5 Å². The molecule has 0 bridgehead atoms. The lowest BCUT2D eigenvalue weighted by Crippen LogP contribution is -2.49. The number of nitrogens with zero attached hydrogens (tertiary/aromatic N) is 1. The van der Waals surface area contributed by atoms with Gasteiger partial charge in [-0.2, -0.15) is 12.7 Å². The third kappa shape index (κ3) is 9.61. The summed E-state index contributed by atoms with van der Waals surface area (Å²) in [5.74, 6) is -2.10. The van der Waals surface area contributed by atoms with Crippen molar-refractivity contribution < 1.29 is 31.7 Å². The van der Waals surface area contributed by atoms with Gasteiger partial charge in [-0.05, 0) is 59.4 Å². The maximum atomic E-state index is 13.7. The Bertz CT molecular complexity index is 1230. The Kier molecular flexibility index (Phi) is 10.2. The van der Waals surface area contributed by atoms with E-state index in [0.717, 1.165) is 40.1 Å². The number of rotatable bonds is 11. The zero-order chi connectivity index (χ0) is 29.0.